The van der Waals surface area contributed by atoms with Crippen molar-refractivity contribution in [3.8, 4) is 10.4 Å². The van der Waals surface area contributed by atoms with Crippen molar-refractivity contribution in [2.45, 2.75) is 26.3 Å². The first kappa shape index (κ1) is 13.6. The molecule has 0 aliphatic carbocycles. The molecule has 0 aliphatic heterocycles. The molecule has 0 saturated heterocycles. The standard InChI is InChI=1S/C15H18ClNS/c1-4-13(17-3)15-8-7-14(18-15)11-6-5-10(2)12(16)9-11/h5-9,13,17H,4H2,1-3H3. The molecule has 1 aromatic carbocycles. The molecule has 0 radical (unpaired) electrons. The molecule has 2 aromatic rings. The minimum absolute atomic E-state index is 0.449. The Morgan fingerprint density at radius 1 is 1.28 bits per heavy atom. The summed E-state index contributed by atoms with van der Waals surface area (Å²) in [5.41, 5.74) is 2.33. The van der Waals surface area contributed by atoms with Crippen molar-refractivity contribution in [2.75, 3.05) is 7.05 Å². The van der Waals surface area contributed by atoms with E-state index in [0.29, 0.717) is 6.04 Å². The highest BCUT2D eigenvalue weighted by molar-refractivity contribution is 7.15. The van der Waals surface area contributed by atoms with Gasteiger partial charge in [0.2, 0.25) is 0 Å². The molecule has 0 spiro atoms. The molecule has 1 heterocycles. The number of halogens is 1. The third-order valence-corrected chi connectivity index (χ3v) is 4.84. The molecule has 1 unspecified atom stereocenters. The minimum atomic E-state index is 0.449. The largest absolute Gasteiger partial charge is 0.312 e. The lowest BCUT2D eigenvalue weighted by Crippen LogP contribution is -2.13. The van der Waals surface area contributed by atoms with Crippen molar-refractivity contribution in [1.29, 1.82) is 0 Å². The third-order valence-electron chi connectivity index (χ3n) is 3.18. The SMILES string of the molecule is CCC(NC)c1ccc(-c2ccc(C)c(Cl)c2)s1. The number of nitrogens with one attached hydrogen (secondary N) is 1. The third kappa shape index (κ3) is 2.77. The van der Waals surface area contributed by atoms with E-state index in [0.717, 1.165) is 17.0 Å². The summed E-state index contributed by atoms with van der Waals surface area (Å²) in [6, 6.07) is 11.1. The van der Waals surface area contributed by atoms with Gasteiger partial charge in [0.1, 0.15) is 0 Å². The highest BCUT2D eigenvalue weighted by atomic mass is 35.5. The van der Waals surface area contributed by atoms with Gasteiger partial charge in [-0.3, -0.25) is 0 Å². The predicted molar refractivity (Wildman–Crippen MR) is 81.6 cm³/mol. The summed E-state index contributed by atoms with van der Waals surface area (Å²) in [5, 5.41) is 4.17. The van der Waals surface area contributed by atoms with E-state index < -0.39 is 0 Å². The molecule has 1 nitrogen and oxygen atoms in total. The van der Waals surface area contributed by atoms with E-state index in [-0.39, 0.29) is 0 Å². The number of aryl methyl sites for hydroxylation is 1. The summed E-state index contributed by atoms with van der Waals surface area (Å²) in [7, 11) is 2.01. The quantitative estimate of drug-likeness (QED) is 0.826. The Bertz CT molecular complexity index is 529. The lowest BCUT2D eigenvalue weighted by Gasteiger charge is -2.10. The molecule has 1 atom stereocenters. The first-order valence-corrected chi connectivity index (χ1v) is 7.38. The Hall–Kier alpha value is -0.830. The Labute approximate surface area is 118 Å². The van der Waals surface area contributed by atoms with Crippen LogP contribution in [0.15, 0.2) is 30.3 Å². The van der Waals surface area contributed by atoms with Crippen LogP contribution in [0.25, 0.3) is 10.4 Å². The highest BCUT2D eigenvalue weighted by Crippen LogP contribution is 2.34. The van der Waals surface area contributed by atoms with Crippen LogP contribution in [0, 0.1) is 6.92 Å². The fraction of sp³-hybridized carbons (Fsp3) is 0.333. The van der Waals surface area contributed by atoms with Crippen molar-refractivity contribution in [1.82, 2.24) is 5.32 Å². The summed E-state index contributed by atoms with van der Waals surface area (Å²) < 4.78 is 0. The zero-order chi connectivity index (χ0) is 13.1. The summed E-state index contributed by atoms with van der Waals surface area (Å²) in [6.07, 6.45) is 1.10. The van der Waals surface area contributed by atoms with Gasteiger partial charge in [-0.25, -0.2) is 0 Å². The summed E-state index contributed by atoms with van der Waals surface area (Å²) in [4.78, 5) is 2.66. The zero-order valence-corrected chi connectivity index (χ0v) is 12.5. The average molecular weight is 280 g/mol. The molecule has 18 heavy (non-hydrogen) atoms. The predicted octanol–water partition coefficient (Wildman–Crippen LogP) is 5.05. The van der Waals surface area contributed by atoms with Gasteiger partial charge in [-0.2, -0.15) is 0 Å². The first-order chi connectivity index (χ1) is 8.65. The maximum Gasteiger partial charge on any atom is 0.0441 e. The zero-order valence-electron chi connectivity index (χ0n) is 11.0. The Balaban J connectivity index is 2.31. The monoisotopic (exact) mass is 279 g/mol. The van der Waals surface area contributed by atoms with E-state index in [2.05, 4.69) is 36.5 Å². The summed E-state index contributed by atoms with van der Waals surface area (Å²) in [5.74, 6) is 0. The molecule has 3 heteroatoms. The van der Waals surface area contributed by atoms with Crippen LogP contribution in [0.3, 0.4) is 0 Å². The number of rotatable bonds is 4. The normalized spacial score (nSPS) is 12.7. The summed E-state index contributed by atoms with van der Waals surface area (Å²) >= 11 is 8.02. The van der Waals surface area contributed by atoms with Gasteiger partial charge in [0.05, 0.1) is 0 Å². The Kier molecular flexibility index (Phi) is 4.44. The van der Waals surface area contributed by atoms with Crippen LogP contribution in [0.2, 0.25) is 5.02 Å². The highest BCUT2D eigenvalue weighted by Gasteiger charge is 2.11. The van der Waals surface area contributed by atoms with Crippen molar-refractivity contribution in [2.24, 2.45) is 0 Å². The molecule has 0 bridgehead atoms. The van der Waals surface area contributed by atoms with Gasteiger partial charge in [0, 0.05) is 20.8 Å². The van der Waals surface area contributed by atoms with Crippen LogP contribution in [-0.4, -0.2) is 7.05 Å². The lowest BCUT2D eigenvalue weighted by molar-refractivity contribution is 0.586. The molecule has 0 saturated carbocycles. The van der Waals surface area contributed by atoms with Crippen molar-refractivity contribution >= 4 is 22.9 Å². The van der Waals surface area contributed by atoms with Gasteiger partial charge in [-0.1, -0.05) is 30.7 Å². The molecule has 2 rings (SSSR count). The molecule has 96 valence electrons. The van der Waals surface area contributed by atoms with E-state index in [9.17, 15) is 0 Å². The van der Waals surface area contributed by atoms with Crippen LogP contribution >= 0.6 is 22.9 Å². The van der Waals surface area contributed by atoms with Gasteiger partial charge in [-0.05, 0) is 49.7 Å². The average Bonchev–Trinajstić information content (AvgIpc) is 2.84. The van der Waals surface area contributed by atoms with Gasteiger partial charge in [0.15, 0.2) is 0 Å². The van der Waals surface area contributed by atoms with Crippen LogP contribution in [-0.2, 0) is 0 Å². The van der Waals surface area contributed by atoms with Gasteiger partial charge >= 0.3 is 0 Å². The first-order valence-electron chi connectivity index (χ1n) is 6.19. The van der Waals surface area contributed by atoms with Crippen LogP contribution in [0.1, 0.15) is 29.8 Å². The smallest absolute Gasteiger partial charge is 0.0441 e. The van der Waals surface area contributed by atoms with Crippen molar-refractivity contribution < 1.29 is 0 Å². The molecule has 1 N–H and O–H groups in total. The van der Waals surface area contributed by atoms with E-state index >= 15 is 0 Å². The molecule has 0 amide bonds. The van der Waals surface area contributed by atoms with E-state index in [4.69, 9.17) is 11.6 Å². The molecule has 0 fully saturated rings. The fourth-order valence-electron chi connectivity index (χ4n) is 1.99. The van der Waals surface area contributed by atoms with Crippen molar-refractivity contribution in [3.05, 3.63) is 45.8 Å². The van der Waals surface area contributed by atoms with Crippen LogP contribution in [0.5, 0.6) is 0 Å². The van der Waals surface area contributed by atoms with E-state index in [1.807, 2.05) is 31.4 Å². The van der Waals surface area contributed by atoms with Gasteiger partial charge in [-0.15, -0.1) is 11.3 Å². The topological polar surface area (TPSA) is 12.0 Å². The maximum absolute atomic E-state index is 6.18. The number of thiophene rings is 1. The van der Waals surface area contributed by atoms with E-state index in [1.165, 1.54) is 15.3 Å². The fourth-order valence-corrected chi connectivity index (χ4v) is 3.37. The van der Waals surface area contributed by atoms with Gasteiger partial charge < -0.3 is 5.32 Å². The summed E-state index contributed by atoms with van der Waals surface area (Å²) in [6.45, 7) is 4.23. The number of hydrogen-bond donors (Lipinski definition) is 1. The molecule has 0 aliphatic rings. The maximum atomic E-state index is 6.18. The second-order valence-electron chi connectivity index (χ2n) is 4.42. The second kappa shape index (κ2) is 5.87. The molecular weight excluding hydrogens is 262 g/mol. The number of benzene rings is 1. The number of hydrogen-bond acceptors (Lipinski definition) is 2. The van der Waals surface area contributed by atoms with Crippen LogP contribution in [0.4, 0.5) is 0 Å². The molecule has 1 aromatic heterocycles. The Morgan fingerprint density at radius 3 is 2.67 bits per heavy atom. The second-order valence-corrected chi connectivity index (χ2v) is 5.94. The minimum Gasteiger partial charge on any atom is -0.312 e. The Morgan fingerprint density at radius 2 is 2.06 bits per heavy atom. The van der Waals surface area contributed by atoms with Gasteiger partial charge in [0.25, 0.3) is 0 Å². The lowest BCUT2D eigenvalue weighted by atomic mass is 10.1. The van der Waals surface area contributed by atoms with E-state index in [1.54, 1.807) is 0 Å². The van der Waals surface area contributed by atoms with Crippen LogP contribution < -0.4 is 5.32 Å². The molecular formula is C15H18ClNS. The van der Waals surface area contributed by atoms with Crippen molar-refractivity contribution in [3.63, 3.8) is 0 Å².